The van der Waals surface area contributed by atoms with Gasteiger partial charge < -0.3 is 9.67 Å². The molecule has 5 heteroatoms. The van der Waals surface area contributed by atoms with Gasteiger partial charge >= 0.3 is 0 Å². The molecule has 0 bridgehead atoms. The third-order valence-corrected chi connectivity index (χ3v) is 14.2. The lowest BCUT2D eigenvalue weighted by molar-refractivity contribution is 0.446. The van der Waals surface area contributed by atoms with Crippen LogP contribution in [0.3, 0.4) is 0 Å². The van der Waals surface area contributed by atoms with E-state index in [1.54, 1.807) is 12.1 Å². The standard InChI is InChI=1S/C67H62N4O/c1-42-28-30-43(31-29-42)45-34-35-68-56(37-45)46-36-53(61-51-24-17-18-26-57(51)70(60(61)38-46)49-22-15-12-16-23-49)50-25-19-27-59-62(50)69-64(54-40-48(66(5,6)7)41-55(63(54)72)67(8,9)10)71(59)58-33-32-47(65(2,3)4)39-52(58)44-20-13-11-14-21-44/h11-41,72H,1-10H3/i1D3. The number of benzene rings is 8. The van der Waals surface area contributed by atoms with Crippen LogP contribution in [-0.4, -0.2) is 24.2 Å². The fraction of sp³-hybridized carbons (Fsp3) is 0.194. The van der Waals surface area contributed by atoms with E-state index in [1.807, 2.05) is 30.5 Å². The zero-order chi connectivity index (χ0) is 52.8. The summed E-state index contributed by atoms with van der Waals surface area (Å²) >= 11 is 0. The number of fused-ring (bicyclic) bond motifs is 4. The number of nitrogens with zero attached hydrogens (tertiary/aromatic N) is 4. The maximum absolute atomic E-state index is 12.8. The summed E-state index contributed by atoms with van der Waals surface area (Å²) in [6, 6.07) is 62.9. The molecule has 8 aromatic carbocycles. The van der Waals surface area contributed by atoms with Crippen molar-refractivity contribution in [3.05, 3.63) is 210 Å². The zero-order valence-electron chi connectivity index (χ0n) is 45.6. The van der Waals surface area contributed by atoms with Gasteiger partial charge in [0.2, 0.25) is 0 Å². The third kappa shape index (κ3) is 8.17. The number of phenolic OH excluding ortho intramolecular Hbond substituents is 1. The summed E-state index contributed by atoms with van der Waals surface area (Å²) in [5.41, 5.74) is 16.7. The highest BCUT2D eigenvalue weighted by molar-refractivity contribution is 6.19. The Hall–Kier alpha value is -8.02. The molecule has 356 valence electrons. The second kappa shape index (κ2) is 17.4. The molecule has 72 heavy (non-hydrogen) atoms. The summed E-state index contributed by atoms with van der Waals surface area (Å²) in [5, 5.41) is 15.0. The maximum atomic E-state index is 12.8. The van der Waals surface area contributed by atoms with Gasteiger partial charge in [-0.05, 0) is 123 Å². The number of pyridine rings is 1. The van der Waals surface area contributed by atoms with Gasteiger partial charge in [-0.2, -0.15) is 0 Å². The summed E-state index contributed by atoms with van der Waals surface area (Å²) in [6.45, 7) is 17.7. The Kier molecular flexibility index (Phi) is 10.3. The van der Waals surface area contributed by atoms with Gasteiger partial charge in [0.05, 0.1) is 39.0 Å². The van der Waals surface area contributed by atoms with E-state index in [2.05, 4.69) is 217 Å². The van der Waals surface area contributed by atoms with Gasteiger partial charge in [0.1, 0.15) is 11.6 Å². The van der Waals surface area contributed by atoms with Crippen molar-refractivity contribution in [1.82, 2.24) is 19.1 Å². The molecule has 3 heterocycles. The fourth-order valence-corrected chi connectivity index (χ4v) is 10.3. The Balaban J connectivity index is 1.26. The number of phenols is 1. The molecule has 0 saturated carbocycles. The second-order valence-corrected chi connectivity index (χ2v) is 22.3. The molecular weight excluding hydrogens is 877 g/mol. The normalized spacial score (nSPS) is 13.2. The quantitative estimate of drug-likeness (QED) is 0.173. The van der Waals surface area contributed by atoms with Crippen molar-refractivity contribution in [1.29, 1.82) is 0 Å². The van der Waals surface area contributed by atoms with Crippen LogP contribution in [0.5, 0.6) is 5.75 Å². The molecule has 11 aromatic rings. The van der Waals surface area contributed by atoms with Gasteiger partial charge in [0.15, 0.2) is 0 Å². The first-order valence-electron chi connectivity index (χ1n) is 26.5. The first-order valence-corrected chi connectivity index (χ1v) is 25.0. The van der Waals surface area contributed by atoms with E-state index in [-0.39, 0.29) is 22.0 Å². The van der Waals surface area contributed by atoms with Gasteiger partial charge in [-0.1, -0.05) is 183 Å². The largest absolute Gasteiger partial charge is 0.507 e. The van der Waals surface area contributed by atoms with E-state index in [9.17, 15) is 5.11 Å². The molecule has 0 atom stereocenters. The van der Waals surface area contributed by atoms with Crippen LogP contribution in [0.25, 0.3) is 100 Å². The number of para-hydroxylation sites is 3. The number of rotatable bonds is 7. The van der Waals surface area contributed by atoms with Gasteiger partial charge in [-0.15, -0.1) is 0 Å². The fourth-order valence-electron chi connectivity index (χ4n) is 10.3. The Bertz CT molecular complexity index is 3980. The summed E-state index contributed by atoms with van der Waals surface area (Å²) in [4.78, 5) is 10.9. The molecule has 0 aliphatic rings. The number of aromatic hydroxyl groups is 1. The van der Waals surface area contributed by atoms with Crippen LogP contribution in [0.4, 0.5) is 0 Å². The molecule has 1 N–H and O–H groups in total. The molecule has 0 aliphatic carbocycles. The molecule has 5 nitrogen and oxygen atoms in total. The monoisotopic (exact) mass is 942 g/mol. The van der Waals surface area contributed by atoms with Crippen LogP contribution in [-0.2, 0) is 16.2 Å². The van der Waals surface area contributed by atoms with Crippen LogP contribution in [0.1, 0.15) is 88.7 Å². The summed E-state index contributed by atoms with van der Waals surface area (Å²) in [5.74, 6) is 0.862. The number of aryl methyl sites for hydroxylation is 1. The number of hydrogen-bond acceptors (Lipinski definition) is 3. The van der Waals surface area contributed by atoms with Gasteiger partial charge in [-0.25, -0.2) is 4.98 Å². The van der Waals surface area contributed by atoms with Crippen molar-refractivity contribution in [2.75, 3.05) is 0 Å². The molecule has 11 rings (SSSR count). The number of aromatic nitrogens is 4. The van der Waals surface area contributed by atoms with Crippen LogP contribution in [0.15, 0.2) is 188 Å². The molecule has 3 aromatic heterocycles. The topological polar surface area (TPSA) is 55.9 Å². The van der Waals surface area contributed by atoms with Crippen LogP contribution < -0.4 is 0 Å². The lowest BCUT2D eigenvalue weighted by atomic mass is 9.79. The molecule has 0 fully saturated rings. The number of imidazole rings is 1. The highest BCUT2D eigenvalue weighted by atomic mass is 16.3. The SMILES string of the molecule is [2H]C([2H])([2H])c1ccc(-c2ccnc(-c3cc(-c4cccc5c4nc(-c4cc(C(C)(C)C)cc(C(C)(C)C)c4O)n5-c4ccc(C(C)(C)C)cc4-c4ccccc4)c4c5ccccc5n(-c5ccccc5)c4c3)c2)cc1. The van der Waals surface area contributed by atoms with Crippen molar-refractivity contribution < 1.29 is 9.22 Å². The highest BCUT2D eigenvalue weighted by Gasteiger charge is 2.30. The predicted octanol–water partition coefficient (Wildman–Crippen LogP) is 17.8. The molecular formula is C67H62N4O. The predicted molar refractivity (Wildman–Crippen MR) is 303 cm³/mol. The average molecular weight is 942 g/mol. The van der Waals surface area contributed by atoms with Crippen molar-refractivity contribution in [3.63, 3.8) is 0 Å². The molecule has 0 radical (unpaired) electrons. The molecule has 0 saturated heterocycles. The summed E-state index contributed by atoms with van der Waals surface area (Å²) in [6.07, 6.45) is 1.83. The first-order chi connectivity index (χ1) is 35.6. The minimum atomic E-state index is -2.20. The Labute approximate surface area is 428 Å². The summed E-state index contributed by atoms with van der Waals surface area (Å²) in [7, 11) is 0. The third-order valence-electron chi connectivity index (χ3n) is 14.2. The van der Waals surface area contributed by atoms with Crippen LogP contribution >= 0.6 is 0 Å². The van der Waals surface area contributed by atoms with Crippen LogP contribution in [0.2, 0.25) is 0 Å². The van der Waals surface area contributed by atoms with Crippen molar-refractivity contribution >= 4 is 32.8 Å². The molecule has 0 spiro atoms. The van der Waals surface area contributed by atoms with E-state index >= 15 is 0 Å². The van der Waals surface area contributed by atoms with E-state index in [1.165, 1.54) is 5.56 Å². The van der Waals surface area contributed by atoms with E-state index in [4.69, 9.17) is 14.1 Å². The lowest BCUT2D eigenvalue weighted by Gasteiger charge is -2.28. The van der Waals surface area contributed by atoms with Gasteiger partial charge in [0.25, 0.3) is 0 Å². The average Bonchev–Trinajstić information content (AvgIpc) is 3.97. The lowest BCUT2D eigenvalue weighted by Crippen LogP contribution is -2.17. The van der Waals surface area contributed by atoms with E-state index < -0.39 is 6.85 Å². The Morgan fingerprint density at radius 2 is 1.15 bits per heavy atom. The van der Waals surface area contributed by atoms with Gasteiger partial charge in [0, 0.05) is 49.0 Å². The smallest absolute Gasteiger partial charge is 0.149 e. The maximum Gasteiger partial charge on any atom is 0.149 e. The van der Waals surface area contributed by atoms with Crippen molar-refractivity contribution in [3.8, 4) is 73.2 Å². The van der Waals surface area contributed by atoms with Crippen molar-refractivity contribution in [2.45, 2.75) is 85.4 Å². The van der Waals surface area contributed by atoms with E-state index in [0.29, 0.717) is 17.0 Å². The number of hydrogen-bond donors (Lipinski definition) is 1. The highest BCUT2D eigenvalue weighted by Crippen LogP contribution is 2.48. The minimum Gasteiger partial charge on any atom is -0.507 e. The first kappa shape index (κ1) is 42.8. The minimum absolute atomic E-state index is 0.121. The van der Waals surface area contributed by atoms with Crippen molar-refractivity contribution in [2.24, 2.45) is 0 Å². The molecule has 0 unspecified atom stereocenters. The Morgan fingerprint density at radius 3 is 1.86 bits per heavy atom. The van der Waals surface area contributed by atoms with Gasteiger partial charge in [-0.3, -0.25) is 9.55 Å². The Morgan fingerprint density at radius 1 is 0.472 bits per heavy atom. The van der Waals surface area contributed by atoms with Crippen LogP contribution in [0, 0.1) is 6.85 Å². The second-order valence-electron chi connectivity index (χ2n) is 22.3. The van der Waals surface area contributed by atoms with E-state index in [0.717, 1.165) is 100.0 Å². The zero-order valence-corrected chi connectivity index (χ0v) is 42.6. The molecule has 0 aliphatic heterocycles. The summed E-state index contributed by atoms with van der Waals surface area (Å²) < 4.78 is 28.5. The molecule has 0 amide bonds.